The SMILES string of the molecule is COc1cc(OC)c(Cc2ccc(C(=O)Nc3ccc4c(c3)CCN4C(C)=O)o2)c(OC)c1. The van der Waals surface area contributed by atoms with Gasteiger partial charge in [-0.2, -0.15) is 0 Å². The number of amides is 2. The number of nitrogens with zero attached hydrogens (tertiary/aromatic N) is 1. The fourth-order valence-corrected chi connectivity index (χ4v) is 4.02. The van der Waals surface area contributed by atoms with Crippen molar-refractivity contribution < 1.29 is 28.2 Å². The molecular formula is C25H26N2O6. The summed E-state index contributed by atoms with van der Waals surface area (Å²) >= 11 is 0. The normalized spacial score (nSPS) is 12.3. The molecule has 0 aliphatic carbocycles. The van der Waals surface area contributed by atoms with E-state index in [1.54, 1.807) is 63.5 Å². The quantitative estimate of drug-likeness (QED) is 0.584. The highest BCUT2D eigenvalue weighted by atomic mass is 16.5. The van der Waals surface area contributed by atoms with Crippen LogP contribution in [0.4, 0.5) is 11.4 Å². The molecule has 0 saturated heterocycles. The van der Waals surface area contributed by atoms with E-state index < -0.39 is 0 Å². The number of benzene rings is 2. The molecule has 1 aliphatic rings. The zero-order valence-electron chi connectivity index (χ0n) is 19.1. The van der Waals surface area contributed by atoms with Crippen LogP contribution in [0.1, 0.15) is 34.4 Å². The Hall–Kier alpha value is -3.94. The van der Waals surface area contributed by atoms with Crippen LogP contribution in [-0.2, 0) is 17.6 Å². The standard InChI is InChI=1S/C25H26N2O6/c1-15(28)27-10-9-16-11-17(5-7-21(16)27)26-25(29)22-8-6-18(33-22)12-20-23(31-3)13-19(30-2)14-24(20)32-4/h5-8,11,13-14H,9-10,12H2,1-4H3,(H,26,29). The molecule has 8 nitrogen and oxygen atoms in total. The lowest BCUT2D eigenvalue weighted by Gasteiger charge is -2.15. The Balaban J connectivity index is 1.49. The zero-order valence-corrected chi connectivity index (χ0v) is 19.1. The molecular weight excluding hydrogens is 424 g/mol. The first-order valence-electron chi connectivity index (χ1n) is 10.5. The summed E-state index contributed by atoms with van der Waals surface area (Å²) in [6.07, 6.45) is 1.14. The second-order valence-corrected chi connectivity index (χ2v) is 7.67. The van der Waals surface area contributed by atoms with E-state index in [-0.39, 0.29) is 17.6 Å². The predicted molar refractivity (Wildman–Crippen MR) is 124 cm³/mol. The smallest absolute Gasteiger partial charge is 0.291 e. The highest BCUT2D eigenvalue weighted by molar-refractivity contribution is 6.02. The Bertz CT molecular complexity index is 1170. The lowest BCUT2D eigenvalue weighted by Crippen LogP contribution is -2.25. The van der Waals surface area contributed by atoms with Crippen molar-refractivity contribution in [3.8, 4) is 17.2 Å². The van der Waals surface area contributed by atoms with E-state index >= 15 is 0 Å². The fourth-order valence-electron chi connectivity index (χ4n) is 4.02. The summed E-state index contributed by atoms with van der Waals surface area (Å²) < 4.78 is 22.1. The number of hydrogen-bond acceptors (Lipinski definition) is 6. The molecule has 0 fully saturated rings. The van der Waals surface area contributed by atoms with Gasteiger partial charge < -0.3 is 28.8 Å². The number of anilines is 2. The summed E-state index contributed by atoms with van der Waals surface area (Å²) in [5.74, 6) is 2.27. The van der Waals surface area contributed by atoms with Gasteiger partial charge in [-0.3, -0.25) is 9.59 Å². The lowest BCUT2D eigenvalue weighted by atomic mass is 10.1. The van der Waals surface area contributed by atoms with Crippen LogP contribution in [0, 0.1) is 0 Å². The van der Waals surface area contributed by atoms with Crippen LogP contribution in [0.15, 0.2) is 46.9 Å². The third kappa shape index (κ3) is 4.50. The summed E-state index contributed by atoms with van der Waals surface area (Å²) in [6.45, 7) is 2.21. The number of hydrogen-bond donors (Lipinski definition) is 1. The molecule has 3 aromatic rings. The number of rotatable bonds is 7. The van der Waals surface area contributed by atoms with Crippen molar-refractivity contribution in [3.05, 3.63) is 65.1 Å². The summed E-state index contributed by atoms with van der Waals surface area (Å²) in [7, 11) is 4.72. The first kappa shape index (κ1) is 22.3. The molecule has 172 valence electrons. The molecule has 0 spiro atoms. The van der Waals surface area contributed by atoms with Crippen molar-refractivity contribution in [2.24, 2.45) is 0 Å². The summed E-state index contributed by atoms with van der Waals surface area (Å²) in [5, 5.41) is 2.87. The van der Waals surface area contributed by atoms with Gasteiger partial charge in [-0.05, 0) is 42.3 Å². The Kier molecular flexibility index (Phi) is 6.26. The second kappa shape index (κ2) is 9.28. The third-order valence-corrected chi connectivity index (χ3v) is 5.67. The topological polar surface area (TPSA) is 90.2 Å². The van der Waals surface area contributed by atoms with Crippen LogP contribution in [-0.4, -0.2) is 39.7 Å². The molecule has 1 aromatic heterocycles. The van der Waals surface area contributed by atoms with Gasteiger partial charge in [0.25, 0.3) is 5.91 Å². The van der Waals surface area contributed by atoms with E-state index in [1.807, 2.05) is 12.1 Å². The molecule has 0 bridgehead atoms. The largest absolute Gasteiger partial charge is 0.496 e. The number of nitrogens with one attached hydrogen (secondary N) is 1. The van der Waals surface area contributed by atoms with Crippen molar-refractivity contribution in [1.29, 1.82) is 0 Å². The maximum absolute atomic E-state index is 12.7. The van der Waals surface area contributed by atoms with E-state index in [4.69, 9.17) is 18.6 Å². The molecule has 4 rings (SSSR count). The van der Waals surface area contributed by atoms with E-state index in [9.17, 15) is 9.59 Å². The zero-order chi connectivity index (χ0) is 23.5. The van der Waals surface area contributed by atoms with Crippen LogP contribution in [0.5, 0.6) is 17.2 Å². The van der Waals surface area contributed by atoms with Crippen molar-refractivity contribution >= 4 is 23.2 Å². The minimum atomic E-state index is -0.351. The van der Waals surface area contributed by atoms with Gasteiger partial charge in [-0.1, -0.05) is 0 Å². The van der Waals surface area contributed by atoms with E-state index in [0.29, 0.717) is 41.7 Å². The molecule has 0 saturated carbocycles. The van der Waals surface area contributed by atoms with Crippen LogP contribution in [0.3, 0.4) is 0 Å². The van der Waals surface area contributed by atoms with Crippen LogP contribution >= 0.6 is 0 Å². The molecule has 33 heavy (non-hydrogen) atoms. The van der Waals surface area contributed by atoms with Crippen LogP contribution in [0.25, 0.3) is 0 Å². The van der Waals surface area contributed by atoms with Gasteiger partial charge in [0.15, 0.2) is 5.76 Å². The summed E-state index contributed by atoms with van der Waals surface area (Å²) in [6, 6.07) is 12.5. The molecule has 2 aromatic carbocycles. The summed E-state index contributed by atoms with van der Waals surface area (Å²) in [4.78, 5) is 26.2. The fraction of sp³-hybridized carbons (Fsp3) is 0.280. The Morgan fingerprint density at radius 2 is 1.73 bits per heavy atom. The molecule has 1 N–H and O–H groups in total. The maximum Gasteiger partial charge on any atom is 0.291 e. The van der Waals surface area contributed by atoms with E-state index in [1.165, 1.54) is 0 Å². The second-order valence-electron chi connectivity index (χ2n) is 7.67. The number of furan rings is 1. The minimum absolute atomic E-state index is 0.0128. The molecule has 8 heteroatoms. The van der Waals surface area contributed by atoms with Crippen molar-refractivity contribution in [2.45, 2.75) is 19.8 Å². The van der Waals surface area contributed by atoms with Crippen LogP contribution < -0.4 is 24.4 Å². The van der Waals surface area contributed by atoms with Crippen molar-refractivity contribution in [2.75, 3.05) is 38.1 Å². The monoisotopic (exact) mass is 450 g/mol. The van der Waals surface area contributed by atoms with Gasteiger partial charge >= 0.3 is 0 Å². The van der Waals surface area contributed by atoms with Crippen molar-refractivity contribution in [3.63, 3.8) is 0 Å². The first-order chi connectivity index (χ1) is 15.9. The van der Waals surface area contributed by atoms with Crippen LogP contribution in [0.2, 0.25) is 0 Å². The Morgan fingerprint density at radius 1 is 1.00 bits per heavy atom. The lowest BCUT2D eigenvalue weighted by molar-refractivity contribution is -0.116. The van der Waals surface area contributed by atoms with E-state index in [2.05, 4.69) is 5.32 Å². The van der Waals surface area contributed by atoms with E-state index in [0.717, 1.165) is 23.2 Å². The highest BCUT2D eigenvalue weighted by Crippen LogP contribution is 2.36. The predicted octanol–water partition coefficient (Wildman–Crippen LogP) is 4.06. The van der Waals surface area contributed by atoms with Gasteiger partial charge in [0.2, 0.25) is 5.91 Å². The molecule has 0 radical (unpaired) electrons. The first-order valence-corrected chi connectivity index (χ1v) is 10.5. The summed E-state index contributed by atoms with van der Waals surface area (Å²) in [5.41, 5.74) is 3.36. The number of methoxy groups -OCH3 is 3. The number of carbonyl (C=O) groups excluding carboxylic acids is 2. The molecule has 1 aliphatic heterocycles. The third-order valence-electron chi connectivity index (χ3n) is 5.67. The average Bonchev–Trinajstić information content (AvgIpc) is 3.46. The Morgan fingerprint density at radius 3 is 2.36 bits per heavy atom. The molecule has 2 amide bonds. The maximum atomic E-state index is 12.7. The highest BCUT2D eigenvalue weighted by Gasteiger charge is 2.23. The van der Waals surface area contributed by atoms with Gasteiger partial charge in [0, 0.05) is 49.0 Å². The molecule has 0 atom stereocenters. The van der Waals surface area contributed by atoms with Gasteiger partial charge in [0.1, 0.15) is 23.0 Å². The minimum Gasteiger partial charge on any atom is -0.496 e. The molecule has 0 unspecified atom stereocenters. The van der Waals surface area contributed by atoms with Crippen molar-refractivity contribution in [1.82, 2.24) is 0 Å². The Labute approximate surface area is 192 Å². The number of carbonyl (C=O) groups is 2. The number of fused-ring (bicyclic) bond motifs is 1. The van der Waals surface area contributed by atoms with Gasteiger partial charge in [-0.15, -0.1) is 0 Å². The average molecular weight is 450 g/mol. The molecule has 2 heterocycles. The number of ether oxygens (including phenoxy) is 3. The van der Waals surface area contributed by atoms with Gasteiger partial charge in [0.05, 0.1) is 21.3 Å². The van der Waals surface area contributed by atoms with Gasteiger partial charge in [-0.25, -0.2) is 0 Å².